The lowest BCUT2D eigenvalue weighted by atomic mass is 10.1. The minimum Gasteiger partial charge on any atom is -0.477 e. The highest BCUT2D eigenvalue weighted by atomic mass is 19.1. The van der Waals surface area contributed by atoms with Gasteiger partial charge in [0.2, 0.25) is 5.43 Å². The number of carbonyl (C=O) groups is 1. The summed E-state index contributed by atoms with van der Waals surface area (Å²) in [6.45, 7) is 4.92. The van der Waals surface area contributed by atoms with Gasteiger partial charge >= 0.3 is 5.97 Å². The lowest BCUT2D eigenvalue weighted by Crippen LogP contribution is -2.46. The van der Waals surface area contributed by atoms with Crippen molar-refractivity contribution in [2.24, 2.45) is 0 Å². The normalized spacial score (nSPS) is 14.9. The number of hydrogen-bond acceptors (Lipinski definition) is 4. The lowest BCUT2D eigenvalue weighted by molar-refractivity contribution is 0.0695. The number of anilines is 1. The SMILES string of the molecule is CCN1CCN(c2c(F)cc3c(=O)c(C(=O)O)cn(-c4ccc(F)cc4)c3c2F)CC1. The number of halogens is 3. The molecule has 9 heteroatoms. The van der Waals surface area contributed by atoms with Gasteiger partial charge < -0.3 is 19.5 Å². The minimum absolute atomic E-state index is 0.237. The molecule has 0 atom stereocenters. The number of pyridine rings is 1. The number of benzene rings is 2. The van der Waals surface area contributed by atoms with Gasteiger partial charge in [0, 0.05) is 38.1 Å². The van der Waals surface area contributed by atoms with Crippen LogP contribution in [0.3, 0.4) is 0 Å². The highest BCUT2D eigenvalue weighted by molar-refractivity contribution is 5.94. The van der Waals surface area contributed by atoms with Crippen LogP contribution in [0.4, 0.5) is 18.9 Å². The number of hydrogen-bond donors (Lipinski definition) is 1. The van der Waals surface area contributed by atoms with Crippen molar-refractivity contribution in [3.8, 4) is 5.69 Å². The van der Waals surface area contributed by atoms with Crippen LogP contribution in [-0.4, -0.2) is 53.3 Å². The second-order valence-electron chi connectivity index (χ2n) is 7.36. The average molecular weight is 431 g/mol. The molecule has 31 heavy (non-hydrogen) atoms. The lowest BCUT2D eigenvalue weighted by Gasteiger charge is -2.36. The Kier molecular flexibility index (Phi) is 5.45. The molecule has 1 aliphatic rings. The van der Waals surface area contributed by atoms with Crippen molar-refractivity contribution in [2.45, 2.75) is 6.92 Å². The Morgan fingerprint density at radius 3 is 2.29 bits per heavy atom. The molecule has 0 unspecified atom stereocenters. The fourth-order valence-electron chi connectivity index (χ4n) is 3.94. The summed E-state index contributed by atoms with van der Waals surface area (Å²) in [4.78, 5) is 28.0. The van der Waals surface area contributed by atoms with Crippen LogP contribution < -0.4 is 10.3 Å². The second-order valence-corrected chi connectivity index (χ2v) is 7.36. The maximum atomic E-state index is 15.8. The van der Waals surface area contributed by atoms with Crippen molar-refractivity contribution in [1.82, 2.24) is 9.47 Å². The van der Waals surface area contributed by atoms with Gasteiger partial charge in [-0.1, -0.05) is 6.92 Å². The molecule has 1 N–H and O–H groups in total. The minimum atomic E-state index is -1.52. The van der Waals surface area contributed by atoms with Crippen molar-refractivity contribution >= 4 is 22.6 Å². The maximum Gasteiger partial charge on any atom is 0.341 e. The standard InChI is InChI=1S/C22H20F3N3O3/c1-2-26-7-9-27(10-8-26)20-17(24)11-15-19(18(20)25)28(12-16(21(15)29)22(30)31)14-5-3-13(23)4-6-14/h3-6,11-12H,2,7-10H2,1H3,(H,30,31). The molecule has 0 radical (unpaired) electrons. The third kappa shape index (κ3) is 3.65. The molecule has 1 saturated heterocycles. The largest absolute Gasteiger partial charge is 0.477 e. The summed E-state index contributed by atoms with van der Waals surface area (Å²) < 4.78 is 45.3. The van der Waals surface area contributed by atoms with Crippen LogP contribution >= 0.6 is 0 Å². The van der Waals surface area contributed by atoms with Crippen molar-refractivity contribution in [2.75, 3.05) is 37.6 Å². The van der Waals surface area contributed by atoms with Gasteiger partial charge in [0.15, 0.2) is 5.82 Å². The number of fused-ring (bicyclic) bond motifs is 1. The van der Waals surface area contributed by atoms with Crippen LogP contribution in [0.2, 0.25) is 0 Å². The topological polar surface area (TPSA) is 65.8 Å². The van der Waals surface area contributed by atoms with Crippen LogP contribution in [0.1, 0.15) is 17.3 Å². The number of aromatic carboxylic acids is 1. The zero-order valence-corrected chi connectivity index (χ0v) is 16.7. The molecule has 2 aromatic carbocycles. The molecular formula is C22H20F3N3O3. The van der Waals surface area contributed by atoms with E-state index >= 15 is 8.78 Å². The van der Waals surface area contributed by atoms with Crippen LogP contribution in [-0.2, 0) is 0 Å². The first kappa shape index (κ1) is 20.9. The van der Waals surface area contributed by atoms with E-state index < -0.39 is 39.8 Å². The van der Waals surface area contributed by atoms with Gasteiger partial charge in [0.25, 0.3) is 0 Å². The summed E-state index contributed by atoms with van der Waals surface area (Å²) in [7, 11) is 0. The van der Waals surface area contributed by atoms with Crippen molar-refractivity contribution in [1.29, 1.82) is 0 Å². The Hall–Kier alpha value is -3.33. The summed E-state index contributed by atoms with van der Waals surface area (Å²) in [6, 6.07) is 5.80. The zero-order valence-electron chi connectivity index (χ0n) is 16.7. The number of aromatic nitrogens is 1. The first-order chi connectivity index (χ1) is 14.8. The molecule has 1 fully saturated rings. The number of carboxylic acid groups (broad SMARTS) is 1. The van der Waals surface area contributed by atoms with Crippen LogP contribution in [0.25, 0.3) is 16.6 Å². The monoisotopic (exact) mass is 431 g/mol. The van der Waals surface area contributed by atoms with E-state index in [1.54, 1.807) is 4.90 Å². The van der Waals surface area contributed by atoms with E-state index in [4.69, 9.17) is 0 Å². The van der Waals surface area contributed by atoms with Gasteiger partial charge in [-0.15, -0.1) is 0 Å². The number of nitrogens with zero attached hydrogens (tertiary/aromatic N) is 3. The van der Waals surface area contributed by atoms with Gasteiger partial charge in [0.1, 0.15) is 22.9 Å². The Labute approximate surface area is 175 Å². The van der Waals surface area contributed by atoms with Crippen molar-refractivity contribution in [3.63, 3.8) is 0 Å². The Balaban J connectivity index is 1.99. The molecule has 0 aliphatic carbocycles. The molecule has 2 heterocycles. The highest BCUT2D eigenvalue weighted by Crippen LogP contribution is 2.32. The first-order valence-corrected chi connectivity index (χ1v) is 9.85. The average Bonchev–Trinajstić information content (AvgIpc) is 2.75. The summed E-state index contributed by atoms with van der Waals surface area (Å²) >= 11 is 0. The predicted octanol–water partition coefficient (Wildman–Crippen LogP) is 3.25. The van der Waals surface area contributed by atoms with E-state index in [-0.39, 0.29) is 16.9 Å². The second kappa shape index (κ2) is 8.07. The van der Waals surface area contributed by atoms with E-state index in [0.29, 0.717) is 26.2 Å². The molecule has 162 valence electrons. The van der Waals surface area contributed by atoms with Crippen molar-refractivity contribution in [3.05, 3.63) is 69.8 Å². The quantitative estimate of drug-likeness (QED) is 0.687. The Morgan fingerprint density at radius 2 is 1.71 bits per heavy atom. The molecule has 0 bridgehead atoms. The number of piperazine rings is 1. The fourth-order valence-corrected chi connectivity index (χ4v) is 3.94. The van der Waals surface area contributed by atoms with Crippen LogP contribution in [0, 0.1) is 17.5 Å². The highest BCUT2D eigenvalue weighted by Gasteiger charge is 2.27. The third-order valence-corrected chi connectivity index (χ3v) is 5.63. The van der Waals surface area contributed by atoms with E-state index in [2.05, 4.69) is 4.90 Å². The molecule has 6 nitrogen and oxygen atoms in total. The van der Waals surface area contributed by atoms with E-state index in [1.807, 2.05) is 6.92 Å². The van der Waals surface area contributed by atoms with Gasteiger partial charge in [0.05, 0.1) is 10.9 Å². The summed E-state index contributed by atoms with van der Waals surface area (Å²) in [5.41, 5.74) is -1.90. The number of likely N-dealkylation sites (N-methyl/N-ethyl adjacent to an activating group) is 1. The van der Waals surface area contributed by atoms with Crippen LogP contribution in [0.5, 0.6) is 0 Å². The summed E-state index contributed by atoms with van der Waals surface area (Å²) in [6.07, 6.45) is 0.986. The first-order valence-electron chi connectivity index (χ1n) is 9.85. The zero-order chi connectivity index (χ0) is 22.3. The van der Waals surface area contributed by atoms with Gasteiger partial charge in [-0.3, -0.25) is 4.79 Å². The van der Waals surface area contributed by atoms with Crippen LogP contribution in [0.15, 0.2) is 41.3 Å². The third-order valence-electron chi connectivity index (χ3n) is 5.63. The molecule has 0 saturated carbocycles. The number of rotatable bonds is 4. The van der Waals surface area contributed by atoms with E-state index in [0.717, 1.165) is 35.5 Å². The predicted molar refractivity (Wildman–Crippen MR) is 111 cm³/mol. The summed E-state index contributed by atoms with van der Waals surface area (Å²) in [5.74, 6) is -3.95. The Morgan fingerprint density at radius 1 is 1.06 bits per heavy atom. The molecular weight excluding hydrogens is 411 g/mol. The fraction of sp³-hybridized carbons (Fsp3) is 0.273. The smallest absolute Gasteiger partial charge is 0.341 e. The summed E-state index contributed by atoms with van der Waals surface area (Å²) in [5, 5.41) is 9.02. The van der Waals surface area contributed by atoms with Gasteiger partial charge in [-0.25, -0.2) is 18.0 Å². The molecule has 1 aliphatic heterocycles. The molecule has 3 aromatic rings. The Bertz CT molecular complexity index is 1220. The van der Waals surface area contributed by atoms with E-state index in [1.165, 1.54) is 12.1 Å². The molecule has 0 spiro atoms. The van der Waals surface area contributed by atoms with Crippen molar-refractivity contribution < 1.29 is 23.1 Å². The number of carboxylic acids is 1. The molecule has 1 aromatic heterocycles. The molecule has 4 rings (SSSR count). The van der Waals surface area contributed by atoms with E-state index in [9.17, 15) is 19.1 Å². The van der Waals surface area contributed by atoms with Gasteiger partial charge in [-0.05, 0) is 36.9 Å². The van der Waals surface area contributed by atoms with Gasteiger partial charge in [-0.2, -0.15) is 0 Å². The molecule has 0 amide bonds. The maximum absolute atomic E-state index is 15.8.